The van der Waals surface area contributed by atoms with Crippen molar-refractivity contribution < 1.29 is 14.3 Å². The first-order chi connectivity index (χ1) is 17.0. The zero-order chi connectivity index (χ0) is 24.4. The molecular formula is C28H32ClN3O3. The third-order valence-corrected chi connectivity index (χ3v) is 7.36. The van der Waals surface area contributed by atoms with Crippen LogP contribution in [-0.4, -0.2) is 61.3 Å². The van der Waals surface area contributed by atoms with Crippen LogP contribution in [0.4, 0.5) is 0 Å². The van der Waals surface area contributed by atoms with Gasteiger partial charge in [0.05, 0.1) is 29.5 Å². The van der Waals surface area contributed by atoms with Crippen LogP contribution < -0.4 is 10.1 Å². The van der Waals surface area contributed by atoms with Crippen LogP contribution in [0.3, 0.4) is 0 Å². The number of rotatable bonds is 8. The number of halogens is 1. The van der Waals surface area contributed by atoms with Gasteiger partial charge in [0.1, 0.15) is 5.75 Å². The Morgan fingerprint density at radius 2 is 1.97 bits per heavy atom. The topological polar surface area (TPSA) is 63.7 Å². The van der Waals surface area contributed by atoms with Crippen molar-refractivity contribution in [3.63, 3.8) is 0 Å². The van der Waals surface area contributed by atoms with Gasteiger partial charge in [0, 0.05) is 48.8 Å². The van der Waals surface area contributed by atoms with Gasteiger partial charge in [-0.05, 0) is 74.6 Å². The van der Waals surface area contributed by atoms with Crippen molar-refractivity contribution in [3.8, 4) is 17.0 Å². The van der Waals surface area contributed by atoms with Gasteiger partial charge in [-0.3, -0.25) is 4.79 Å². The minimum absolute atomic E-state index is 0.0593. The lowest BCUT2D eigenvalue weighted by molar-refractivity contribution is 0.0840. The van der Waals surface area contributed by atoms with E-state index in [4.69, 9.17) is 26.1 Å². The maximum absolute atomic E-state index is 13.4. The lowest BCUT2D eigenvalue weighted by Crippen LogP contribution is -2.47. The van der Waals surface area contributed by atoms with E-state index in [0.717, 1.165) is 61.3 Å². The third kappa shape index (κ3) is 5.45. The van der Waals surface area contributed by atoms with Crippen LogP contribution in [0.5, 0.6) is 5.75 Å². The van der Waals surface area contributed by atoms with E-state index in [1.807, 2.05) is 55.5 Å². The number of aromatic nitrogens is 1. The summed E-state index contributed by atoms with van der Waals surface area (Å²) in [6, 6.07) is 15.4. The molecule has 1 aromatic heterocycles. The zero-order valence-electron chi connectivity index (χ0n) is 20.3. The van der Waals surface area contributed by atoms with Gasteiger partial charge in [0.25, 0.3) is 5.91 Å². The first kappa shape index (κ1) is 24.0. The maximum atomic E-state index is 13.4. The highest BCUT2D eigenvalue weighted by molar-refractivity contribution is 6.31. The molecule has 0 unspecified atom stereocenters. The Morgan fingerprint density at radius 3 is 2.69 bits per heavy atom. The molecule has 7 heteroatoms. The molecule has 2 aromatic carbocycles. The van der Waals surface area contributed by atoms with E-state index in [1.165, 1.54) is 0 Å². The molecule has 0 bridgehead atoms. The SMILES string of the molecule is CCOc1ccc(-c2cc(C(=O)NC3CC(CN4CC[C@@H](OC)C4)C3)c3ccc(Cl)cc3n2)cc1. The van der Waals surface area contributed by atoms with E-state index >= 15 is 0 Å². The highest BCUT2D eigenvalue weighted by atomic mass is 35.5. The Labute approximate surface area is 211 Å². The second kappa shape index (κ2) is 10.5. The molecule has 184 valence electrons. The van der Waals surface area contributed by atoms with Crippen LogP contribution in [-0.2, 0) is 4.74 Å². The van der Waals surface area contributed by atoms with Crippen molar-refractivity contribution in [1.82, 2.24) is 15.2 Å². The van der Waals surface area contributed by atoms with E-state index in [2.05, 4.69) is 10.2 Å². The number of carbonyl (C=O) groups excluding carboxylic acids is 1. The Morgan fingerprint density at radius 1 is 1.17 bits per heavy atom. The molecule has 6 nitrogen and oxygen atoms in total. The summed E-state index contributed by atoms with van der Waals surface area (Å²) < 4.78 is 11.0. The Balaban J connectivity index is 1.30. The highest BCUT2D eigenvalue weighted by Crippen LogP contribution is 2.32. The van der Waals surface area contributed by atoms with Gasteiger partial charge >= 0.3 is 0 Å². The summed E-state index contributed by atoms with van der Waals surface area (Å²) in [6.45, 7) is 5.78. The van der Waals surface area contributed by atoms with Crippen molar-refractivity contribution in [1.29, 1.82) is 0 Å². The maximum Gasteiger partial charge on any atom is 0.252 e. The van der Waals surface area contributed by atoms with E-state index in [1.54, 1.807) is 7.11 Å². The Bertz CT molecular complexity index is 1190. The number of likely N-dealkylation sites (tertiary alicyclic amines) is 1. The van der Waals surface area contributed by atoms with Crippen molar-refractivity contribution >= 4 is 28.4 Å². The van der Waals surface area contributed by atoms with Crippen molar-refractivity contribution in [2.75, 3.05) is 33.4 Å². The van der Waals surface area contributed by atoms with Gasteiger partial charge in [-0.1, -0.05) is 17.7 Å². The predicted molar refractivity (Wildman–Crippen MR) is 139 cm³/mol. The lowest BCUT2D eigenvalue weighted by atomic mass is 9.79. The van der Waals surface area contributed by atoms with Crippen LogP contribution in [0.2, 0.25) is 5.02 Å². The monoisotopic (exact) mass is 493 g/mol. The van der Waals surface area contributed by atoms with Gasteiger partial charge in [0.2, 0.25) is 0 Å². The average Bonchev–Trinajstić information content (AvgIpc) is 3.30. The summed E-state index contributed by atoms with van der Waals surface area (Å²) in [7, 11) is 1.79. The number of pyridine rings is 1. The first-order valence-electron chi connectivity index (χ1n) is 12.4. The molecule has 1 saturated carbocycles. The van der Waals surface area contributed by atoms with Gasteiger partial charge in [-0.15, -0.1) is 0 Å². The second-order valence-electron chi connectivity index (χ2n) is 9.59. The molecule has 1 aliphatic heterocycles. The van der Waals surface area contributed by atoms with Crippen molar-refractivity contribution in [2.24, 2.45) is 5.92 Å². The molecule has 0 spiro atoms. The molecule has 35 heavy (non-hydrogen) atoms. The number of hydrogen-bond acceptors (Lipinski definition) is 5. The Hall–Kier alpha value is -2.67. The molecular weight excluding hydrogens is 462 g/mol. The third-order valence-electron chi connectivity index (χ3n) is 7.13. The van der Waals surface area contributed by atoms with E-state index < -0.39 is 0 Å². The standard InChI is InChI=1S/C28H32ClN3O3/c1-3-35-22-7-4-19(5-8-22)26-15-25(24-9-6-20(29)14-27(24)31-26)28(33)30-21-12-18(13-21)16-32-11-10-23(17-32)34-2/h4-9,14-15,18,21,23H,3,10-13,16-17H2,1-2H3,(H,30,33)/t18?,21?,23-/m1/s1. The number of carbonyl (C=O) groups is 1. The van der Waals surface area contributed by atoms with Crippen LogP contribution in [0.25, 0.3) is 22.2 Å². The van der Waals surface area contributed by atoms with Gasteiger partial charge in [0.15, 0.2) is 0 Å². The fraction of sp³-hybridized carbons (Fsp3) is 0.429. The summed E-state index contributed by atoms with van der Waals surface area (Å²) >= 11 is 6.26. The number of fused-ring (bicyclic) bond motifs is 1. The largest absolute Gasteiger partial charge is 0.494 e. The van der Waals surface area contributed by atoms with Crippen molar-refractivity contribution in [3.05, 3.63) is 59.1 Å². The number of ether oxygens (including phenoxy) is 2. The molecule has 0 radical (unpaired) electrons. The van der Waals surface area contributed by atoms with Gasteiger partial charge in [-0.25, -0.2) is 4.98 Å². The fourth-order valence-electron chi connectivity index (χ4n) is 5.21. The quantitative estimate of drug-likeness (QED) is 0.468. The Kier molecular flexibility index (Phi) is 7.23. The number of nitrogens with one attached hydrogen (secondary N) is 1. The zero-order valence-corrected chi connectivity index (χ0v) is 21.1. The molecule has 3 aromatic rings. The molecule has 1 saturated heterocycles. The molecule has 2 aliphatic rings. The molecule has 2 fully saturated rings. The first-order valence-corrected chi connectivity index (χ1v) is 12.8. The van der Waals surface area contributed by atoms with Gasteiger partial charge in [-0.2, -0.15) is 0 Å². The summed E-state index contributed by atoms with van der Waals surface area (Å²) in [5.41, 5.74) is 3.00. The molecule has 2 heterocycles. The normalized spacial score (nSPS) is 22.2. The smallest absolute Gasteiger partial charge is 0.252 e. The second-order valence-corrected chi connectivity index (χ2v) is 10.0. The number of methoxy groups -OCH3 is 1. The molecule has 5 rings (SSSR count). The molecule has 1 aliphatic carbocycles. The number of hydrogen-bond donors (Lipinski definition) is 1. The van der Waals surface area contributed by atoms with E-state index in [-0.39, 0.29) is 11.9 Å². The lowest BCUT2D eigenvalue weighted by Gasteiger charge is -2.38. The van der Waals surface area contributed by atoms with E-state index in [9.17, 15) is 4.79 Å². The van der Waals surface area contributed by atoms with Crippen LogP contribution in [0.1, 0.15) is 36.5 Å². The van der Waals surface area contributed by atoms with Crippen molar-refractivity contribution in [2.45, 2.75) is 38.3 Å². The number of benzene rings is 2. The minimum Gasteiger partial charge on any atom is -0.494 e. The minimum atomic E-state index is -0.0593. The number of amides is 1. The van der Waals surface area contributed by atoms with E-state index in [0.29, 0.717) is 34.7 Å². The predicted octanol–water partition coefficient (Wildman–Crippen LogP) is 5.18. The molecule has 1 atom stereocenters. The average molecular weight is 494 g/mol. The highest BCUT2D eigenvalue weighted by Gasteiger charge is 2.34. The summed E-state index contributed by atoms with van der Waals surface area (Å²) in [4.78, 5) is 20.7. The molecule has 1 amide bonds. The summed E-state index contributed by atoms with van der Waals surface area (Å²) in [5.74, 6) is 1.38. The van der Waals surface area contributed by atoms with Gasteiger partial charge < -0.3 is 19.7 Å². The summed E-state index contributed by atoms with van der Waals surface area (Å²) in [6.07, 6.45) is 3.50. The van der Waals surface area contributed by atoms with Crippen LogP contribution in [0.15, 0.2) is 48.5 Å². The van der Waals surface area contributed by atoms with Crippen LogP contribution in [0, 0.1) is 5.92 Å². The van der Waals surface area contributed by atoms with Crippen LogP contribution >= 0.6 is 11.6 Å². The summed E-state index contributed by atoms with van der Waals surface area (Å²) in [5, 5.41) is 4.66. The molecule has 1 N–H and O–H groups in total. The number of nitrogens with zero attached hydrogens (tertiary/aromatic N) is 2. The fourth-order valence-corrected chi connectivity index (χ4v) is 5.38.